The Morgan fingerprint density at radius 1 is 1.22 bits per heavy atom. The maximum Gasteiger partial charge on any atom is 0.307 e. The van der Waals surface area contributed by atoms with E-state index in [4.69, 9.17) is 16.3 Å². The molecule has 142 valence electrons. The second kappa shape index (κ2) is 9.89. The summed E-state index contributed by atoms with van der Waals surface area (Å²) in [6.07, 6.45) is 0.0483. The van der Waals surface area contributed by atoms with Gasteiger partial charge in [0.2, 0.25) is 0 Å². The number of nitrogens with zero attached hydrogens (tertiary/aromatic N) is 1. The van der Waals surface area contributed by atoms with Gasteiger partial charge in [0.05, 0.1) is 11.3 Å². The maximum atomic E-state index is 12.8. The van der Waals surface area contributed by atoms with Crippen molar-refractivity contribution in [3.8, 4) is 0 Å². The Morgan fingerprint density at radius 3 is 2.59 bits per heavy atom. The molecule has 0 saturated heterocycles. The van der Waals surface area contributed by atoms with Gasteiger partial charge in [-0.25, -0.2) is 4.39 Å². The van der Waals surface area contributed by atoms with E-state index in [1.54, 1.807) is 12.1 Å². The normalized spacial score (nSPS) is 10.3. The Balaban J connectivity index is 1.76. The highest BCUT2D eigenvalue weighted by Crippen LogP contribution is 2.27. The molecule has 1 amide bonds. The minimum atomic E-state index is -0.722. The van der Waals surface area contributed by atoms with Crippen molar-refractivity contribution in [3.63, 3.8) is 0 Å². The summed E-state index contributed by atoms with van der Waals surface area (Å²) in [6.45, 7) is -0.580. The summed E-state index contributed by atoms with van der Waals surface area (Å²) in [5, 5.41) is 13.4. The number of carbonyl (C=O) groups is 2. The van der Waals surface area contributed by atoms with E-state index in [1.807, 2.05) is 0 Å². The van der Waals surface area contributed by atoms with Gasteiger partial charge >= 0.3 is 5.97 Å². The average Bonchev–Trinajstić information content (AvgIpc) is 2.61. The van der Waals surface area contributed by atoms with Crippen molar-refractivity contribution >= 4 is 46.6 Å². The summed E-state index contributed by atoms with van der Waals surface area (Å²) >= 11 is 7.11. The van der Waals surface area contributed by atoms with Gasteiger partial charge in [-0.15, -0.1) is 11.8 Å². The number of hydrogen-bond acceptors (Lipinski definition) is 6. The first-order valence-corrected chi connectivity index (χ1v) is 8.99. The van der Waals surface area contributed by atoms with E-state index < -0.39 is 23.4 Å². The van der Waals surface area contributed by atoms with Crippen molar-refractivity contribution in [2.45, 2.75) is 11.3 Å². The van der Waals surface area contributed by atoms with Crippen molar-refractivity contribution in [1.29, 1.82) is 0 Å². The molecule has 0 saturated carbocycles. The van der Waals surface area contributed by atoms with Crippen LogP contribution in [0.25, 0.3) is 0 Å². The third-order valence-corrected chi connectivity index (χ3v) is 4.43. The highest BCUT2D eigenvalue weighted by molar-refractivity contribution is 7.99. The van der Waals surface area contributed by atoms with Crippen molar-refractivity contribution in [3.05, 3.63) is 63.4 Å². The van der Waals surface area contributed by atoms with Crippen LogP contribution < -0.4 is 5.32 Å². The summed E-state index contributed by atoms with van der Waals surface area (Å²) in [4.78, 5) is 34.6. The number of ether oxygens (including phenoxy) is 1. The van der Waals surface area contributed by atoms with Crippen LogP contribution in [0.1, 0.15) is 6.42 Å². The number of nitrogens with one attached hydrogen (secondary N) is 1. The minimum absolute atomic E-state index is 0.0483. The van der Waals surface area contributed by atoms with Gasteiger partial charge in [-0.05, 0) is 36.4 Å². The van der Waals surface area contributed by atoms with Gasteiger partial charge in [-0.1, -0.05) is 11.6 Å². The molecule has 0 aliphatic heterocycles. The largest absolute Gasteiger partial charge is 0.456 e. The van der Waals surface area contributed by atoms with Crippen LogP contribution in [0.4, 0.5) is 15.8 Å². The van der Waals surface area contributed by atoms with Crippen molar-refractivity contribution in [2.24, 2.45) is 0 Å². The molecule has 0 spiro atoms. The lowest BCUT2D eigenvalue weighted by Crippen LogP contribution is -2.21. The molecule has 0 bridgehead atoms. The van der Waals surface area contributed by atoms with Gasteiger partial charge in [0.25, 0.3) is 11.6 Å². The second-order valence-corrected chi connectivity index (χ2v) is 6.78. The summed E-state index contributed by atoms with van der Waals surface area (Å²) in [5.74, 6) is -1.27. The van der Waals surface area contributed by atoms with Crippen LogP contribution in [0.3, 0.4) is 0 Å². The van der Waals surface area contributed by atoms with Gasteiger partial charge in [0, 0.05) is 21.7 Å². The molecule has 10 heteroatoms. The van der Waals surface area contributed by atoms with E-state index in [2.05, 4.69) is 5.32 Å². The molecular formula is C17H14ClFN2O5S. The smallest absolute Gasteiger partial charge is 0.307 e. The molecule has 0 atom stereocenters. The van der Waals surface area contributed by atoms with Crippen LogP contribution >= 0.6 is 23.4 Å². The highest BCUT2D eigenvalue weighted by Gasteiger charge is 2.17. The van der Waals surface area contributed by atoms with Gasteiger partial charge < -0.3 is 10.1 Å². The Morgan fingerprint density at radius 2 is 1.93 bits per heavy atom. The van der Waals surface area contributed by atoms with Crippen LogP contribution in [0, 0.1) is 15.9 Å². The number of rotatable bonds is 8. The molecule has 0 fully saturated rings. The molecular weight excluding hydrogens is 399 g/mol. The SMILES string of the molecule is O=C(COC(=O)CCSc1ccc(F)cc1)Nc1cc(Cl)ccc1[N+](=O)[O-]. The van der Waals surface area contributed by atoms with Gasteiger partial charge in [-0.2, -0.15) is 0 Å². The second-order valence-electron chi connectivity index (χ2n) is 5.18. The molecule has 2 aromatic carbocycles. The molecule has 2 rings (SSSR count). The number of amides is 1. The minimum Gasteiger partial charge on any atom is -0.456 e. The highest BCUT2D eigenvalue weighted by atomic mass is 35.5. The zero-order valence-corrected chi connectivity index (χ0v) is 15.4. The third-order valence-electron chi connectivity index (χ3n) is 3.18. The molecule has 2 aromatic rings. The molecule has 0 aromatic heterocycles. The number of thioether (sulfide) groups is 1. The zero-order chi connectivity index (χ0) is 19.8. The number of nitro benzene ring substituents is 1. The molecule has 0 radical (unpaired) electrons. The molecule has 0 heterocycles. The van der Waals surface area contributed by atoms with E-state index >= 15 is 0 Å². The van der Waals surface area contributed by atoms with E-state index in [9.17, 15) is 24.1 Å². The number of halogens is 2. The number of hydrogen-bond donors (Lipinski definition) is 1. The zero-order valence-electron chi connectivity index (χ0n) is 13.8. The Hall–Kier alpha value is -2.65. The number of benzene rings is 2. The van der Waals surface area contributed by atoms with Crippen molar-refractivity contribution < 1.29 is 23.6 Å². The van der Waals surface area contributed by atoms with Gasteiger partial charge in [-0.3, -0.25) is 19.7 Å². The lowest BCUT2D eigenvalue weighted by atomic mass is 10.2. The average molecular weight is 413 g/mol. The lowest BCUT2D eigenvalue weighted by molar-refractivity contribution is -0.383. The van der Waals surface area contributed by atoms with E-state index in [0.29, 0.717) is 5.75 Å². The third kappa shape index (κ3) is 6.87. The van der Waals surface area contributed by atoms with E-state index in [0.717, 1.165) is 11.0 Å². The fourth-order valence-corrected chi connectivity index (χ4v) is 2.96. The first-order valence-electron chi connectivity index (χ1n) is 7.63. The first-order chi connectivity index (χ1) is 12.8. The van der Waals surface area contributed by atoms with Crippen LogP contribution in [-0.4, -0.2) is 29.2 Å². The molecule has 27 heavy (non-hydrogen) atoms. The van der Waals surface area contributed by atoms with Crippen LogP contribution in [0.5, 0.6) is 0 Å². The monoisotopic (exact) mass is 412 g/mol. The molecule has 0 aliphatic rings. The summed E-state index contributed by atoms with van der Waals surface area (Å²) in [5.41, 5.74) is -0.407. The first kappa shape index (κ1) is 20.7. The maximum absolute atomic E-state index is 12.8. The van der Waals surface area contributed by atoms with Crippen molar-refractivity contribution in [2.75, 3.05) is 17.7 Å². The topological polar surface area (TPSA) is 98.5 Å². The predicted molar refractivity (Wildman–Crippen MR) is 99.4 cm³/mol. The van der Waals surface area contributed by atoms with Gasteiger partial charge in [0.1, 0.15) is 11.5 Å². The summed E-state index contributed by atoms with van der Waals surface area (Å²) in [6, 6.07) is 9.55. The Bertz CT molecular complexity index is 848. The molecule has 1 N–H and O–H groups in total. The van der Waals surface area contributed by atoms with Crippen molar-refractivity contribution in [1.82, 2.24) is 0 Å². The Kier molecular flexibility index (Phi) is 7.56. The Labute approximate surface area is 163 Å². The fourth-order valence-electron chi connectivity index (χ4n) is 1.96. The van der Waals surface area contributed by atoms with Crippen LogP contribution in [-0.2, 0) is 14.3 Å². The number of esters is 1. The standard InChI is InChI=1S/C17H14ClFN2O5S/c18-11-1-6-15(21(24)25)14(9-11)20-16(22)10-26-17(23)7-8-27-13-4-2-12(19)3-5-13/h1-6,9H,7-8,10H2,(H,20,22). The van der Waals surface area contributed by atoms with Gasteiger partial charge in [0.15, 0.2) is 6.61 Å². The fraction of sp³-hybridized carbons (Fsp3) is 0.176. The van der Waals surface area contributed by atoms with Crippen LogP contribution in [0.15, 0.2) is 47.4 Å². The quantitative estimate of drug-likeness (QED) is 0.304. The van der Waals surface area contributed by atoms with E-state index in [1.165, 1.54) is 36.0 Å². The van der Waals surface area contributed by atoms with E-state index in [-0.39, 0.29) is 28.6 Å². The summed E-state index contributed by atoms with van der Waals surface area (Å²) in [7, 11) is 0. The molecule has 7 nitrogen and oxygen atoms in total. The number of anilines is 1. The molecule has 0 aliphatic carbocycles. The summed E-state index contributed by atoms with van der Waals surface area (Å²) < 4.78 is 17.6. The lowest BCUT2D eigenvalue weighted by Gasteiger charge is -2.07. The molecule has 0 unspecified atom stereocenters. The number of nitro groups is 1. The predicted octanol–water partition coefficient (Wildman–Crippen LogP) is 4.05. The van der Waals surface area contributed by atoms with Crippen LogP contribution in [0.2, 0.25) is 5.02 Å². The number of carbonyl (C=O) groups excluding carboxylic acids is 2.